The lowest BCUT2D eigenvalue weighted by molar-refractivity contribution is -0.117. The lowest BCUT2D eigenvalue weighted by Gasteiger charge is -2.39. The van der Waals surface area contributed by atoms with Crippen LogP contribution in [0.5, 0.6) is 0 Å². The number of nitrogens with one attached hydrogen (secondary N) is 1. The molecule has 5 atom stereocenters. The molecule has 136 valence electrons. The molecule has 0 radical (unpaired) electrons. The molecule has 5 unspecified atom stereocenters. The predicted octanol–water partition coefficient (Wildman–Crippen LogP) is -0.983. The van der Waals surface area contributed by atoms with Crippen LogP contribution in [-0.4, -0.2) is 82.6 Å². The van der Waals surface area contributed by atoms with Gasteiger partial charge in [0.2, 0.25) is 11.6 Å². The number of allylic oxidation sites excluding steroid dienone is 2. The van der Waals surface area contributed by atoms with Crippen molar-refractivity contribution in [3.8, 4) is 0 Å². The first kappa shape index (κ1) is 16.8. The maximum absolute atomic E-state index is 13.2. The van der Waals surface area contributed by atoms with Gasteiger partial charge in [-0.3, -0.25) is 14.5 Å². The molecule has 0 aromatic rings. The van der Waals surface area contributed by atoms with Gasteiger partial charge in [0.05, 0.1) is 29.6 Å². The Labute approximate surface area is 147 Å². The van der Waals surface area contributed by atoms with Crippen molar-refractivity contribution in [1.29, 1.82) is 0 Å². The van der Waals surface area contributed by atoms with E-state index in [0.717, 1.165) is 6.54 Å². The van der Waals surface area contributed by atoms with Gasteiger partial charge >= 0.3 is 0 Å². The maximum Gasteiger partial charge on any atom is 0.207 e. The number of hydrogen-bond acceptors (Lipinski definition) is 7. The second-order valence-electron chi connectivity index (χ2n) is 7.67. The lowest BCUT2D eigenvalue weighted by Crippen LogP contribution is -2.51. The minimum absolute atomic E-state index is 0.0237. The van der Waals surface area contributed by atoms with Crippen molar-refractivity contribution in [3.63, 3.8) is 0 Å². The van der Waals surface area contributed by atoms with E-state index in [-0.39, 0.29) is 36.7 Å². The Balaban J connectivity index is 1.73. The van der Waals surface area contributed by atoms with Crippen molar-refractivity contribution in [2.45, 2.75) is 37.9 Å². The highest BCUT2D eigenvalue weighted by Gasteiger charge is 2.71. The van der Waals surface area contributed by atoms with E-state index >= 15 is 0 Å². The number of piperazine rings is 1. The van der Waals surface area contributed by atoms with E-state index in [4.69, 9.17) is 5.11 Å². The SMILES string of the molecule is CC1=C(NCCCO)C(=O)C2=C(C1=O)N1CC3C(N3C)C1(C)C2CO. The first-order chi connectivity index (χ1) is 11.9. The number of carbonyl (C=O) groups is 2. The van der Waals surface area contributed by atoms with Crippen molar-refractivity contribution in [3.05, 3.63) is 22.5 Å². The van der Waals surface area contributed by atoms with Crippen molar-refractivity contribution in [1.82, 2.24) is 15.1 Å². The Morgan fingerprint density at radius 1 is 1.28 bits per heavy atom. The number of aliphatic hydroxyl groups excluding tert-OH is 2. The average molecular weight is 347 g/mol. The normalized spacial score (nSPS) is 39.0. The summed E-state index contributed by atoms with van der Waals surface area (Å²) >= 11 is 0. The largest absolute Gasteiger partial charge is 0.396 e. The highest BCUT2D eigenvalue weighted by Crippen LogP contribution is 2.58. The maximum atomic E-state index is 13.2. The Kier molecular flexibility index (Phi) is 3.62. The summed E-state index contributed by atoms with van der Waals surface area (Å²) in [5.74, 6) is -0.659. The third kappa shape index (κ3) is 1.91. The molecule has 4 rings (SSSR count). The third-order valence-electron chi connectivity index (χ3n) is 6.59. The molecule has 2 saturated heterocycles. The van der Waals surface area contributed by atoms with E-state index in [9.17, 15) is 14.7 Å². The fourth-order valence-corrected chi connectivity index (χ4v) is 5.19. The van der Waals surface area contributed by atoms with Gasteiger partial charge in [-0.15, -0.1) is 0 Å². The summed E-state index contributed by atoms with van der Waals surface area (Å²) in [5, 5.41) is 22.1. The van der Waals surface area contributed by atoms with Crippen LogP contribution >= 0.6 is 0 Å². The van der Waals surface area contributed by atoms with Gasteiger partial charge in [-0.25, -0.2) is 0 Å². The van der Waals surface area contributed by atoms with E-state index in [1.165, 1.54) is 0 Å². The first-order valence-corrected chi connectivity index (χ1v) is 8.89. The molecular formula is C18H25N3O4. The second kappa shape index (κ2) is 5.40. The lowest BCUT2D eigenvalue weighted by atomic mass is 9.78. The van der Waals surface area contributed by atoms with Gasteiger partial charge in [0, 0.05) is 42.8 Å². The molecule has 2 fully saturated rings. The van der Waals surface area contributed by atoms with Crippen LogP contribution in [0.3, 0.4) is 0 Å². The van der Waals surface area contributed by atoms with Gasteiger partial charge in [-0.1, -0.05) is 0 Å². The minimum Gasteiger partial charge on any atom is -0.396 e. The van der Waals surface area contributed by atoms with Crippen LogP contribution in [0, 0.1) is 5.92 Å². The summed E-state index contributed by atoms with van der Waals surface area (Å²) in [6, 6.07) is 0.659. The molecule has 0 spiro atoms. The Morgan fingerprint density at radius 2 is 2.00 bits per heavy atom. The summed E-state index contributed by atoms with van der Waals surface area (Å²) in [7, 11) is 2.05. The molecule has 7 heteroatoms. The van der Waals surface area contributed by atoms with Crippen LogP contribution in [0.2, 0.25) is 0 Å². The molecule has 4 aliphatic rings. The highest BCUT2D eigenvalue weighted by molar-refractivity contribution is 6.25. The zero-order valence-corrected chi connectivity index (χ0v) is 14.9. The molecule has 0 saturated carbocycles. The van der Waals surface area contributed by atoms with E-state index in [1.54, 1.807) is 6.92 Å². The number of fused-ring (bicyclic) bond motifs is 4. The average Bonchev–Trinajstić information content (AvgIpc) is 2.99. The fourth-order valence-electron chi connectivity index (χ4n) is 5.19. The number of hydrogen-bond donors (Lipinski definition) is 3. The molecule has 7 nitrogen and oxygen atoms in total. The van der Waals surface area contributed by atoms with Gasteiger partial charge in [-0.2, -0.15) is 0 Å². The zero-order chi connectivity index (χ0) is 18.1. The van der Waals surface area contributed by atoms with Gasteiger partial charge in [0.15, 0.2) is 0 Å². The molecule has 25 heavy (non-hydrogen) atoms. The van der Waals surface area contributed by atoms with Crippen LogP contribution in [0.15, 0.2) is 22.5 Å². The van der Waals surface area contributed by atoms with E-state index in [1.807, 2.05) is 0 Å². The molecule has 1 aliphatic carbocycles. The van der Waals surface area contributed by atoms with Gasteiger partial charge < -0.3 is 20.4 Å². The molecule has 3 N–H and O–H groups in total. The van der Waals surface area contributed by atoms with Crippen molar-refractivity contribution in [2.75, 3.05) is 33.4 Å². The summed E-state index contributed by atoms with van der Waals surface area (Å²) < 4.78 is 0. The number of aliphatic hydroxyl groups is 2. The topological polar surface area (TPSA) is 92.9 Å². The molecule has 0 bridgehead atoms. The quantitative estimate of drug-likeness (QED) is 0.334. The zero-order valence-electron chi connectivity index (χ0n) is 14.9. The van der Waals surface area contributed by atoms with E-state index in [0.29, 0.717) is 41.5 Å². The van der Waals surface area contributed by atoms with Crippen LogP contribution < -0.4 is 5.32 Å². The minimum atomic E-state index is -0.412. The summed E-state index contributed by atoms with van der Waals surface area (Å²) in [4.78, 5) is 30.5. The molecule has 0 aromatic carbocycles. The van der Waals surface area contributed by atoms with Gasteiger partial charge in [0.1, 0.15) is 0 Å². The number of likely N-dealkylation sites (N-methyl/N-ethyl adjacent to an activating group) is 1. The Morgan fingerprint density at radius 3 is 2.64 bits per heavy atom. The van der Waals surface area contributed by atoms with Crippen molar-refractivity contribution >= 4 is 11.6 Å². The van der Waals surface area contributed by atoms with Gasteiger partial charge in [0.25, 0.3) is 0 Å². The predicted molar refractivity (Wildman–Crippen MR) is 90.5 cm³/mol. The third-order valence-corrected chi connectivity index (χ3v) is 6.59. The summed E-state index contributed by atoms with van der Waals surface area (Å²) in [5.41, 5.74) is 1.30. The highest BCUT2D eigenvalue weighted by atomic mass is 16.3. The van der Waals surface area contributed by atoms with Crippen LogP contribution in [0.4, 0.5) is 0 Å². The Bertz CT molecular complexity index is 728. The van der Waals surface area contributed by atoms with Crippen LogP contribution in [0.25, 0.3) is 0 Å². The molecule has 0 aromatic heterocycles. The molecule has 3 aliphatic heterocycles. The molecule has 0 amide bonds. The van der Waals surface area contributed by atoms with Crippen LogP contribution in [-0.2, 0) is 9.59 Å². The smallest absolute Gasteiger partial charge is 0.207 e. The second-order valence-corrected chi connectivity index (χ2v) is 7.67. The molecule has 3 heterocycles. The monoisotopic (exact) mass is 347 g/mol. The standard InChI is InChI=1S/C18H25N3O4/c1-9-13(19-5-4-6-22)16(25)12-10(8-23)18(2)17-11(20(17)3)7-21(18)14(12)15(9)24/h10-11,17,19,22-23H,4-8H2,1-3H3. The van der Waals surface area contributed by atoms with Crippen molar-refractivity contribution in [2.24, 2.45) is 5.92 Å². The number of ketones is 2. The number of Topliss-reactive ketones (excluding diaryl/α,β-unsaturated/α-hetero) is 2. The number of rotatable bonds is 5. The fraction of sp³-hybridized carbons (Fsp3) is 0.667. The molecular weight excluding hydrogens is 322 g/mol. The summed E-state index contributed by atoms with van der Waals surface area (Å²) in [6.07, 6.45) is 0.506. The Hall–Kier alpha value is -1.70. The number of carbonyl (C=O) groups excluding carboxylic acids is 2. The van der Waals surface area contributed by atoms with E-state index < -0.39 is 5.54 Å². The van der Waals surface area contributed by atoms with E-state index in [2.05, 4.69) is 29.1 Å². The first-order valence-electron chi connectivity index (χ1n) is 8.89. The summed E-state index contributed by atoms with van der Waals surface area (Å²) in [6.45, 7) is 4.78. The van der Waals surface area contributed by atoms with Crippen molar-refractivity contribution < 1.29 is 19.8 Å². The van der Waals surface area contributed by atoms with Crippen LogP contribution in [0.1, 0.15) is 20.3 Å². The number of nitrogens with zero attached hydrogens (tertiary/aromatic N) is 2. The van der Waals surface area contributed by atoms with Gasteiger partial charge in [-0.05, 0) is 27.3 Å².